The number of benzene rings is 8. The van der Waals surface area contributed by atoms with E-state index in [9.17, 15) is 0 Å². The summed E-state index contributed by atoms with van der Waals surface area (Å²) in [5.41, 5.74) is 4.82. The van der Waals surface area contributed by atoms with Gasteiger partial charge in [0.05, 0.1) is 74.1 Å². The molecule has 0 aliphatic rings. The second-order valence-electron chi connectivity index (χ2n) is 16.5. The van der Waals surface area contributed by atoms with Crippen molar-refractivity contribution >= 4 is 95.9 Å². The van der Waals surface area contributed by atoms with Gasteiger partial charge in [-0.1, -0.05) is 170 Å². The molecule has 0 radical (unpaired) electrons. The van der Waals surface area contributed by atoms with Crippen molar-refractivity contribution in [2.24, 2.45) is 0 Å². The van der Waals surface area contributed by atoms with E-state index < -0.39 is 31.7 Å². The molecule has 0 aliphatic heterocycles. The molecule has 4 heterocycles. The fourth-order valence-corrected chi connectivity index (χ4v) is 18.3. The van der Waals surface area contributed by atoms with Gasteiger partial charge in [0.2, 0.25) is 0 Å². The minimum Gasteiger partial charge on any atom is -0.633 e. The van der Waals surface area contributed by atoms with Gasteiger partial charge in [0.1, 0.15) is 0 Å². The first-order chi connectivity index (χ1) is 35.8. The van der Waals surface area contributed by atoms with Crippen molar-refractivity contribution in [3.05, 3.63) is 316 Å². The van der Waals surface area contributed by atoms with Gasteiger partial charge in [-0.3, -0.25) is 0 Å². The minimum atomic E-state index is -0.945. The largest absolute Gasteiger partial charge is 4.00 e. The first-order valence-electron chi connectivity index (χ1n) is 24.0. The zero-order valence-electron chi connectivity index (χ0n) is 40.3. The molecule has 0 unspecified atom stereocenters. The topological polar surface area (TPSA) is 56.4 Å². The molecule has 12 rings (SSSR count). The van der Waals surface area contributed by atoms with Crippen molar-refractivity contribution in [1.29, 1.82) is 0 Å². The number of rotatable bonds is 12. The summed E-state index contributed by atoms with van der Waals surface area (Å²) in [6, 6.07) is 102. The van der Waals surface area contributed by atoms with E-state index in [4.69, 9.17) is 0 Å². The van der Waals surface area contributed by atoms with Crippen LogP contribution in [0.4, 0.5) is 0 Å². The molecule has 0 amide bonds. The molecule has 0 saturated carbocycles. The van der Waals surface area contributed by atoms with Gasteiger partial charge in [0, 0.05) is 21.7 Å². The Morgan fingerprint density at radius 3 is 0.411 bits per heavy atom. The predicted molar refractivity (Wildman–Crippen MR) is 319 cm³/mol. The van der Waals surface area contributed by atoms with Crippen LogP contribution in [-0.4, -0.2) is 0 Å². The third kappa shape index (κ3) is 14.8. The van der Waals surface area contributed by atoms with E-state index in [2.05, 4.69) is 287 Å². The van der Waals surface area contributed by atoms with E-state index in [1.54, 1.807) is 0 Å². The van der Waals surface area contributed by atoms with Crippen LogP contribution < -0.4 is 84.1 Å². The average molecular weight is 1180 g/mol. The molecule has 4 aromatic heterocycles. The van der Waals surface area contributed by atoms with E-state index in [1.165, 1.54) is 64.2 Å². The van der Waals surface area contributed by atoms with Crippen LogP contribution in [0.3, 0.4) is 0 Å². The fourth-order valence-electron chi connectivity index (χ4n) is 8.48. The summed E-state index contributed by atoms with van der Waals surface area (Å²) in [6.45, 7) is 0. The van der Waals surface area contributed by atoms with Gasteiger partial charge in [-0.05, 0) is 121 Å². The molecule has 4 nitrogen and oxygen atoms in total. The Morgan fingerprint density at radius 2 is 0.301 bits per heavy atom. The van der Waals surface area contributed by atoms with Crippen molar-refractivity contribution in [3.8, 4) is 0 Å². The fraction of sp³-hybridized carbons (Fsp3) is 0. The summed E-state index contributed by atoms with van der Waals surface area (Å²) in [5.74, 6) is 0. The summed E-state index contributed by atoms with van der Waals surface area (Å²) in [5, 5.41) is 11.1. The third-order valence-electron chi connectivity index (χ3n) is 11.7. The summed E-state index contributed by atoms with van der Waals surface area (Å²) in [4.78, 5) is 18.1. The summed E-state index contributed by atoms with van der Waals surface area (Å²) in [6.07, 6.45) is 7.52. The molecule has 0 bridgehead atoms. The van der Waals surface area contributed by atoms with Gasteiger partial charge < -0.3 is 19.9 Å². The SMILES string of the molecule is [Hf+4].c1ccc([PH+](c2ccccc2)c2ccc[n-]2)cc1.c1ccc([PH+](c2ccccc2)c2ccc[n-]2)cc1.c1ccc([PH+](c2ccccc2)c2ccc[n-]2)cc1.c1ccc([PH+](c2ccccc2)c2ccc[n-]2)cc1. The quantitative estimate of drug-likeness (QED) is 0.0911. The Labute approximate surface area is 454 Å². The summed E-state index contributed by atoms with van der Waals surface area (Å²) in [7, 11) is -3.78. The van der Waals surface area contributed by atoms with Crippen LogP contribution in [0.1, 0.15) is 0 Å². The Hall–Kier alpha value is -6.53. The standard InChI is InChI=1S/4C16H13NP.Hf/c4*1-3-8-14(9-4-1)18(16-12-7-13-17-16)15-10-5-2-6-11-15;/h4*1-13H;/q4*-1;+4/p+4. The van der Waals surface area contributed by atoms with Crippen LogP contribution in [0.25, 0.3) is 0 Å². The smallest absolute Gasteiger partial charge is 0.633 e. The molecule has 0 fully saturated rings. The molecule has 0 aliphatic carbocycles. The van der Waals surface area contributed by atoms with Gasteiger partial charge in [-0.2, -0.15) is 24.8 Å². The van der Waals surface area contributed by atoms with Crippen molar-refractivity contribution in [3.63, 3.8) is 0 Å². The molecule has 8 aromatic carbocycles. The van der Waals surface area contributed by atoms with Gasteiger partial charge in [0.25, 0.3) is 0 Å². The Kier molecular flexibility index (Phi) is 20.7. The number of hydrogen-bond donors (Lipinski definition) is 0. The predicted octanol–water partition coefficient (Wildman–Crippen LogP) is 8.53. The monoisotopic (exact) mass is 1180 g/mol. The van der Waals surface area contributed by atoms with E-state index in [1.807, 2.05) is 49.1 Å². The van der Waals surface area contributed by atoms with Crippen molar-refractivity contribution in [2.75, 3.05) is 0 Å². The van der Waals surface area contributed by atoms with Crippen LogP contribution in [-0.2, 0) is 25.8 Å². The first-order valence-corrected chi connectivity index (χ1v) is 30.0. The third-order valence-corrected chi connectivity index (χ3v) is 22.3. The molecular weight excluding hydrogens is 1130 g/mol. The maximum atomic E-state index is 4.51. The number of hydrogen-bond acceptors (Lipinski definition) is 0. The zero-order valence-corrected chi connectivity index (χ0v) is 47.9. The average Bonchev–Trinajstić information content (AvgIpc) is 4.34. The summed E-state index contributed by atoms with van der Waals surface area (Å²) < 4.78 is 0. The van der Waals surface area contributed by atoms with Crippen molar-refractivity contribution in [1.82, 2.24) is 19.9 Å². The van der Waals surface area contributed by atoms with Crippen molar-refractivity contribution in [2.45, 2.75) is 0 Å². The van der Waals surface area contributed by atoms with E-state index >= 15 is 0 Å². The van der Waals surface area contributed by atoms with Crippen LogP contribution in [0.5, 0.6) is 0 Å². The minimum absolute atomic E-state index is 0. The molecule has 0 atom stereocenters. The maximum absolute atomic E-state index is 4.51. The molecule has 352 valence electrons. The first kappa shape index (κ1) is 52.8. The molecule has 9 heteroatoms. The Balaban J connectivity index is 0.000000129. The van der Waals surface area contributed by atoms with Crippen LogP contribution >= 0.6 is 31.7 Å². The number of aromatic nitrogens is 4. The molecule has 0 saturated heterocycles. The van der Waals surface area contributed by atoms with Gasteiger partial charge in [-0.25, -0.2) is 0 Å². The molecule has 0 N–H and O–H groups in total. The van der Waals surface area contributed by atoms with Gasteiger partial charge in [-0.15, -0.1) is 0 Å². The van der Waals surface area contributed by atoms with E-state index in [-0.39, 0.29) is 25.8 Å². The van der Waals surface area contributed by atoms with Crippen molar-refractivity contribution < 1.29 is 25.8 Å². The maximum Gasteiger partial charge on any atom is 4.00 e. The second kappa shape index (κ2) is 28.6. The van der Waals surface area contributed by atoms with E-state index in [0.29, 0.717) is 0 Å². The Bertz CT molecular complexity index is 2650. The van der Waals surface area contributed by atoms with Gasteiger partial charge >= 0.3 is 25.8 Å². The van der Waals surface area contributed by atoms with Crippen LogP contribution in [0.2, 0.25) is 0 Å². The van der Waals surface area contributed by atoms with Gasteiger partial charge in [0.15, 0.2) is 0 Å². The molecule has 0 spiro atoms. The van der Waals surface area contributed by atoms with Crippen LogP contribution in [0, 0.1) is 0 Å². The van der Waals surface area contributed by atoms with Crippen LogP contribution in [0.15, 0.2) is 316 Å². The second-order valence-corrected chi connectivity index (χ2v) is 26.2. The zero-order chi connectivity index (χ0) is 48.8. The Morgan fingerprint density at radius 1 is 0.164 bits per heavy atom. The number of nitrogens with zero attached hydrogens (tertiary/aromatic N) is 4. The van der Waals surface area contributed by atoms with E-state index in [0.717, 1.165) is 0 Å². The normalized spacial score (nSPS) is 10.6. The molecule has 12 aromatic rings. The summed E-state index contributed by atoms with van der Waals surface area (Å²) >= 11 is 0. The molecular formula is C64H56HfN4P4+4. The molecule has 73 heavy (non-hydrogen) atoms.